The van der Waals surface area contributed by atoms with Gasteiger partial charge in [-0.3, -0.25) is 0 Å². The molecule has 3 N–H and O–H groups in total. The maximum absolute atomic E-state index is 11.1. The fourth-order valence-corrected chi connectivity index (χ4v) is 1.65. The van der Waals surface area contributed by atoms with Gasteiger partial charge < -0.3 is 15.4 Å². The quantitative estimate of drug-likeness (QED) is 0.745. The van der Waals surface area contributed by atoms with Gasteiger partial charge in [-0.1, -0.05) is 13.8 Å². The lowest BCUT2D eigenvalue weighted by molar-refractivity contribution is -0.138. The molecule has 17 heavy (non-hydrogen) atoms. The van der Waals surface area contributed by atoms with Crippen molar-refractivity contribution < 1.29 is 9.90 Å². The summed E-state index contributed by atoms with van der Waals surface area (Å²) in [4.78, 5) is 22.2. The Morgan fingerprint density at radius 2 is 2.24 bits per heavy atom. The number of carboxylic acids is 1. The van der Waals surface area contributed by atoms with Crippen LogP contribution in [0.25, 0.3) is 11.0 Å². The van der Waals surface area contributed by atoms with Gasteiger partial charge in [-0.05, 0) is 12.0 Å². The van der Waals surface area contributed by atoms with Gasteiger partial charge in [-0.15, -0.1) is 0 Å². The van der Waals surface area contributed by atoms with Crippen LogP contribution in [-0.2, 0) is 4.79 Å². The number of nitrogens with zero attached hydrogens (tertiary/aromatic N) is 2. The molecule has 0 spiro atoms. The van der Waals surface area contributed by atoms with Crippen molar-refractivity contribution >= 4 is 22.8 Å². The molecule has 0 saturated carbocycles. The molecule has 2 aromatic rings. The number of aromatic amines is 1. The van der Waals surface area contributed by atoms with E-state index < -0.39 is 12.0 Å². The van der Waals surface area contributed by atoms with Crippen molar-refractivity contribution in [2.75, 3.05) is 5.32 Å². The third-order valence-corrected chi connectivity index (χ3v) is 2.58. The Morgan fingerprint density at radius 1 is 1.47 bits per heavy atom. The maximum atomic E-state index is 11.1. The minimum absolute atomic E-state index is 0.0311. The molecular formula is C11H14N4O2. The molecule has 1 atom stereocenters. The van der Waals surface area contributed by atoms with Gasteiger partial charge in [0, 0.05) is 6.20 Å². The Balaban J connectivity index is 2.34. The van der Waals surface area contributed by atoms with Gasteiger partial charge in [0.15, 0.2) is 0 Å². The largest absolute Gasteiger partial charge is 0.480 e. The number of fused-ring (bicyclic) bond motifs is 1. The number of carboxylic acid groups (broad SMARTS) is 1. The summed E-state index contributed by atoms with van der Waals surface area (Å²) in [6, 6.07) is 1.15. The van der Waals surface area contributed by atoms with Crippen LogP contribution in [0.5, 0.6) is 0 Å². The Kier molecular flexibility index (Phi) is 2.95. The van der Waals surface area contributed by atoms with Crippen molar-refractivity contribution in [3.05, 3.63) is 18.6 Å². The molecule has 90 valence electrons. The van der Waals surface area contributed by atoms with Gasteiger partial charge in [0.05, 0.1) is 5.39 Å². The summed E-state index contributed by atoms with van der Waals surface area (Å²) in [5.41, 5.74) is 0.690. The Hall–Kier alpha value is -2.11. The summed E-state index contributed by atoms with van der Waals surface area (Å²) in [6.07, 6.45) is 3.15. The third kappa shape index (κ3) is 2.20. The van der Waals surface area contributed by atoms with E-state index in [9.17, 15) is 4.79 Å². The standard InChI is InChI=1S/C11H14N4O2/c1-6(2)8(11(16)17)15-10-7-3-4-12-9(7)13-5-14-10/h3-6,8H,1-2H3,(H,16,17)(H2,12,13,14,15)/t8-/m0/s1. The van der Waals surface area contributed by atoms with E-state index in [4.69, 9.17) is 5.11 Å². The molecule has 6 heteroatoms. The Bertz CT molecular complexity index is 535. The second kappa shape index (κ2) is 4.40. The van der Waals surface area contributed by atoms with Crippen molar-refractivity contribution in [1.29, 1.82) is 0 Å². The van der Waals surface area contributed by atoms with Crippen molar-refractivity contribution in [2.45, 2.75) is 19.9 Å². The molecule has 0 aromatic carbocycles. The van der Waals surface area contributed by atoms with Crippen LogP contribution >= 0.6 is 0 Å². The van der Waals surface area contributed by atoms with E-state index in [-0.39, 0.29) is 5.92 Å². The zero-order chi connectivity index (χ0) is 12.4. The molecule has 2 aromatic heterocycles. The van der Waals surface area contributed by atoms with E-state index in [0.29, 0.717) is 11.5 Å². The van der Waals surface area contributed by atoms with Crippen molar-refractivity contribution in [3.8, 4) is 0 Å². The smallest absolute Gasteiger partial charge is 0.326 e. The number of H-pyrrole nitrogens is 1. The number of carbonyl (C=O) groups is 1. The first-order chi connectivity index (χ1) is 8.09. The van der Waals surface area contributed by atoms with Crippen molar-refractivity contribution in [2.24, 2.45) is 5.92 Å². The van der Waals surface area contributed by atoms with E-state index in [1.54, 1.807) is 6.20 Å². The number of anilines is 1. The summed E-state index contributed by atoms with van der Waals surface area (Å²) in [5.74, 6) is -0.379. The highest BCUT2D eigenvalue weighted by atomic mass is 16.4. The number of hydrogen-bond acceptors (Lipinski definition) is 4. The van der Waals surface area contributed by atoms with Crippen LogP contribution in [0.1, 0.15) is 13.8 Å². The van der Waals surface area contributed by atoms with E-state index in [0.717, 1.165) is 5.39 Å². The minimum Gasteiger partial charge on any atom is -0.480 e. The lowest BCUT2D eigenvalue weighted by atomic mass is 10.0. The first-order valence-corrected chi connectivity index (χ1v) is 5.37. The fraction of sp³-hybridized carbons (Fsp3) is 0.364. The van der Waals surface area contributed by atoms with E-state index in [1.807, 2.05) is 19.9 Å². The zero-order valence-electron chi connectivity index (χ0n) is 9.64. The maximum Gasteiger partial charge on any atom is 0.326 e. The van der Waals surface area contributed by atoms with Gasteiger partial charge in [-0.25, -0.2) is 14.8 Å². The molecule has 0 amide bonds. The monoisotopic (exact) mass is 234 g/mol. The fourth-order valence-electron chi connectivity index (χ4n) is 1.65. The highest BCUT2D eigenvalue weighted by Gasteiger charge is 2.22. The van der Waals surface area contributed by atoms with Gasteiger partial charge >= 0.3 is 5.97 Å². The minimum atomic E-state index is -0.887. The van der Waals surface area contributed by atoms with Crippen LogP contribution < -0.4 is 5.32 Å². The highest BCUT2D eigenvalue weighted by Crippen LogP contribution is 2.19. The number of rotatable bonds is 4. The highest BCUT2D eigenvalue weighted by molar-refractivity contribution is 5.89. The summed E-state index contributed by atoms with van der Waals surface area (Å²) in [5, 5.41) is 12.8. The summed E-state index contributed by atoms with van der Waals surface area (Å²) in [6.45, 7) is 3.70. The van der Waals surface area contributed by atoms with Crippen LogP contribution in [0.15, 0.2) is 18.6 Å². The number of aliphatic carboxylic acids is 1. The predicted molar refractivity (Wildman–Crippen MR) is 63.8 cm³/mol. The number of aromatic nitrogens is 3. The third-order valence-electron chi connectivity index (χ3n) is 2.58. The molecule has 2 heterocycles. The molecule has 0 fully saturated rings. The van der Waals surface area contributed by atoms with Gasteiger partial charge in [0.25, 0.3) is 0 Å². The van der Waals surface area contributed by atoms with Gasteiger partial charge in [0.2, 0.25) is 0 Å². The number of hydrogen-bond donors (Lipinski definition) is 3. The normalized spacial score (nSPS) is 12.9. The molecular weight excluding hydrogens is 220 g/mol. The first kappa shape index (κ1) is 11.4. The van der Waals surface area contributed by atoms with Crippen LogP contribution in [-0.4, -0.2) is 32.1 Å². The van der Waals surface area contributed by atoms with Crippen molar-refractivity contribution in [3.63, 3.8) is 0 Å². The lowest BCUT2D eigenvalue weighted by Crippen LogP contribution is -2.34. The summed E-state index contributed by atoms with van der Waals surface area (Å²) in [7, 11) is 0. The second-order valence-corrected chi connectivity index (χ2v) is 4.17. The Morgan fingerprint density at radius 3 is 2.88 bits per heavy atom. The average molecular weight is 234 g/mol. The SMILES string of the molecule is CC(C)[C@H](Nc1ncnc2[nH]ccc12)C(=O)O. The van der Waals surface area contributed by atoms with E-state index >= 15 is 0 Å². The van der Waals surface area contributed by atoms with Crippen molar-refractivity contribution in [1.82, 2.24) is 15.0 Å². The van der Waals surface area contributed by atoms with E-state index in [1.165, 1.54) is 6.33 Å². The summed E-state index contributed by atoms with van der Waals surface area (Å²) >= 11 is 0. The molecule has 6 nitrogen and oxygen atoms in total. The molecule has 0 unspecified atom stereocenters. The molecule has 0 bridgehead atoms. The first-order valence-electron chi connectivity index (χ1n) is 5.37. The van der Waals surface area contributed by atoms with Crippen LogP contribution in [0.4, 0.5) is 5.82 Å². The van der Waals surface area contributed by atoms with Crippen LogP contribution in [0, 0.1) is 5.92 Å². The lowest BCUT2D eigenvalue weighted by Gasteiger charge is -2.18. The van der Waals surface area contributed by atoms with Gasteiger partial charge in [-0.2, -0.15) is 0 Å². The molecule has 0 aliphatic carbocycles. The second-order valence-electron chi connectivity index (χ2n) is 4.17. The Labute approximate surface area is 98.1 Å². The van der Waals surface area contributed by atoms with E-state index in [2.05, 4.69) is 20.3 Å². The van der Waals surface area contributed by atoms with Crippen LogP contribution in [0.3, 0.4) is 0 Å². The topological polar surface area (TPSA) is 90.9 Å². The molecule has 0 saturated heterocycles. The molecule has 2 rings (SSSR count). The zero-order valence-corrected chi connectivity index (χ0v) is 9.64. The average Bonchev–Trinajstić information content (AvgIpc) is 2.73. The molecule has 0 aliphatic rings. The molecule has 0 radical (unpaired) electrons. The predicted octanol–water partition coefficient (Wildman–Crippen LogP) is 1.48. The molecule has 0 aliphatic heterocycles. The van der Waals surface area contributed by atoms with Gasteiger partial charge in [0.1, 0.15) is 23.8 Å². The number of nitrogens with one attached hydrogen (secondary N) is 2. The summed E-state index contributed by atoms with van der Waals surface area (Å²) < 4.78 is 0. The van der Waals surface area contributed by atoms with Crippen LogP contribution in [0.2, 0.25) is 0 Å².